The summed E-state index contributed by atoms with van der Waals surface area (Å²) in [6.07, 6.45) is 9.69. The highest BCUT2D eigenvalue weighted by molar-refractivity contribution is 5.80. The Hall–Kier alpha value is -1.85. The number of piperidine rings is 2. The lowest BCUT2D eigenvalue weighted by molar-refractivity contribution is -0.144. The molecule has 0 bridgehead atoms. The summed E-state index contributed by atoms with van der Waals surface area (Å²) in [6, 6.07) is 0.307. The summed E-state index contributed by atoms with van der Waals surface area (Å²) in [5, 5.41) is 0. The van der Waals surface area contributed by atoms with E-state index in [0.29, 0.717) is 18.4 Å². The first-order valence-electron chi connectivity index (χ1n) is 9.57. The van der Waals surface area contributed by atoms with Gasteiger partial charge in [0, 0.05) is 44.5 Å². The van der Waals surface area contributed by atoms with Gasteiger partial charge in [0.25, 0.3) is 0 Å². The van der Waals surface area contributed by atoms with Crippen molar-refractivity contribution in [2.24, 2.45) is 5.41 Å². The smallest absolute Gasteiger partial charge is 0.245 e. The summed E-state index contributed by atoms with van der Waals surface area (Å²) in [4.78, 5) is 33.4. The highest BCUT2D eigenvalue weighted by Crippen LogP contribution is 2.43. The molecule has 3 heterocycles. The van der Waals surface area contributed by atoms with E-state index in [1.54, 1.807) is 6.20 Å². The molecule has 136 valence electrons. The van der Waals surface area contributed by atoms with E-state index in [0.717, 1.165) is 44.7 Å². The predicted molar refractivity (Wildman–Crippen MR) is 93.9 cm³/mol. The van der Waals surface area contributed by atoms with Gasteiger partial charge in [-0.3, -0.25) is 9.59 Å². The van der Waals surface area contributed by atoms with Crippen LogP contribution in [0, 0.1) is 12.3 Å². The summed E-state index contributed by atoms with van der Waals surface area (Å²) in [5.41, 5.74) is 0.238. The van der Waals surface area contributed by atoms with Crippen molar-refractivity contribution >= 4 is 11.8 Å². The molecule has 3 aliphatic rings. The molecule has 2 amide bonds. The molecule has 25 heavy (non-hydrogen) atoms. The molecule has 1 spiro atoms. The monoisotopic (exact) mass is 344 g/mol. The van der Waals surface area contributed by atoms with Gasteiger partial charge in [0.1, 0.15) is 11.9 Å². The molecule has 1 aromatic heterocycles. The number of amides is 2. The van der Waals surface area contributed by atoms with Crippen molar-refractivity contribution in [3.8, 4) is 0 Å². The average Bonchev–Trinajstić information content (AvgIpc) is 3.38. The fourth-order valence-electron chi connectivity index (χ4n) is 4.55. The Bertz CT molecular complexity index is 671. The number of aromatic nitrogens is 2. The Morgan fingerprint density at radius 3 is 2.60 bits per heavy atom. The first-order chi connectivity index (χ1) is 12.0. The van der Waals surface area contributed by atoms with Crippen LogP contribution in [0.25, 0.3) is 0 Å². The van der Waals surface area contributed by atoms with Crippen LogP contribution in [0.2, 0.25) is 0 Å². The summed E-state index contributed by atoms with van der Waals surface area (Å²) >= 11 is 0. The number of aryl methyl sites for hydroxylation is 1. The first kappa shape index (κ1) is 16.6. The van der Waals surface area contributed by atoms with Crippen molar-refractivity contribution in [2.75, 3.05) is 19.6 Å². The highest BCUT2D eigenvalue weighted by Gasteiger charge is 2.45. The van der Waals surface area contributed by atoms with E-state index in [1.807, 2.05) is 29.5 Å². The molecule has 1 aliphatic carbocycles. The lowest BCUT2D eigenvalue weighted by Crippen LogP contribution is -2.53. The fourth-order valence-corrected chi connectivity index (χ4v) is 4.55. The standard InChI is InChI=1S/C19H28N4O2/c1-14(22-12-9-20-15(22)2)18(25)21-10-7-19(8-11-21)6-5-17(24)23(13-19)16-3-4-16/h9,12,14,16H,3-8,10-11,13H2,1-2H3. The molecule has 0 aromatic carbocycles. The second kappa shape index (κ2) is 6.15. The molecule has 1 saturated carbocycles. The average molecular weight is 344 g/mol. The van der Waals surface area contributed by atoms with E-state index in [2.05, 4.69) is 9.88 Å². The van der Waals surface area contributed by atoms with Gasteiger partial charge in [-0.25, -0.2) is 4.98 Å². The molecule has 6 heteroatoms. The minimum atomic E-state index is -0.201. The zero-order chi connectivity index (χ0) is 17.6. The SMILES string of the molecule is Cc1nccn1C(C)C(=O)N1CCC2(CCC(=O)N(C3CC3)C2)CC1. The van der Waals surface area contributed by atoms with Gasteiger partial charge in [0.2, 0.25) is 11.8 Å². The molecule has 2 saturated heterocycles. The molecule has 1 atom stereocenters. The number of hydrogen-bond acceptors (Lipinski definition) is 3. The topological polar surface area (TPSA) is 58.4 Å². The Kier molecular flexibility index (Phi) is 4.08. The lowest BCUT2D eigenvalue weighted by atomic mass is 9.72. The Morgan fingerprint density at radius 2 is 2.00 bits per heavy atom. The van der Waals surface area contributed by atoms with Gasteiger partial charge in [-0.05, 0) is 51.4 Å². The van der Waals surface area contributed by atoms with Crippen LogP contribution < -0.4 is 0 Å². The van der Waals surface area contributed by atoms with E-state index in [-0.39, 0.29) is 17.4 Å². The van der Waals surface area contributed by atoms with Gasteiger partial charge in [-0.15, -0.1) is 0 Å². The highest BCUT2D eigenvalue weighted by atomic mass is 16.2. The fraction of sp³-hybridized carbons (Fsp3) is 0.737. The van der Waals surface area contributed by atoms with Crippen LogP contribution in [0.3, 0.4) is 0 Å². The van der Waals surface area contributed by atoms with Gasteiger partial charge in [0.15, 0.2) is 0 Å². The largest absolute Gasteiger partial charge is 0.341 e. The van der Waals surface area contributed by atoms with Crippen molar-refractivity contribution in [1.82, 2.24) is 19.4 Å². The second-order valence-electron chi connectivity index (χ2n) is 8.14. The Balaban J connectivity index is 1.38. The van der Waals surface area contributed by atoms with Crippen LogP contribution in [-0.4, -0.2) is 56.8 Å². The number of likely N-dealkylation sites (tertiary alicyclic amines) is 2. The molecule has 1 unspecified atom stereocenters. The summed E-state index contributed by atoms with van der Waals surface area (Å²) in [6.45, 7) is 6.41. The van der Waals surface area contributed by atoms with Crippen molar-refractivity contribution in [2.45, 2.75) is 64.5 Å². The van der Waals surface area contributed by atoms with Crippen molar-refractivity contribution in [1.29, 1.82) is 0 Å². The zero-order valence-corrected chi connectivity index (χ0v) is 15.3. The minimum Gasteiger partial charge on any atom is -0.341 e. The molecule has 4 rings (SSSR count). The number of carbonyl (C=O) groups excluding carboxylic acids is 2. The third kappa shape index (κ3) is 3.07. The Morgan fingerprint density at radius 1 is 1.28 bits per heavy atom. The van der Waals surface area contributed by atoms with Gasteiger partial charge in [-0.1, -0.05) is 0 Å². The van der Waals surface area contributed by atoms with Crippen molar-refractivity contribution in [3.63, 3.8) is 0 Å². The summed E-state index contributed by atoms with van der Waals surface area (Å²) in [7, 11) is 0. The van der Waals surface area contributed by atoms with E-state index >= 15 is 0 Å². The molecular formula is C19H28N4O2. The number of rotatable bonds is 3. The molecule has 3 fully saturated rings. The third-order valence-electron chi connectivity index (χ3n) is 6.46. The van der Waals surface area contributed by atoms with Crippen LogP contribution in [0.5, 0.6) is 0 Å². The molecule has 2 aliphatic heterocycles. The quantitative estimate of drug-likeness (QED) is 0.844. The number of carbonyl (C=O) groups is 2. The van der Waals surface area contributed by atoms with Gasteiger partial charge >= 0.3 is 0 Å². The van der Waals surface area contributed by atoms with Crippen LogP contribution in [0.15, 0.2) is 12.4 Å². The van der Waals surface area contributed by atoms with Crippen molar-refractivity contribution in [3.05, 3.63) is 18.2 Å². The maximum absolute atomic E-state index is 12.9. The Labute approximate surface area is 149 Å². The predicted octanol–water partition coefficient (Wildman–Crippen LogP) is 2.15. The molecule has 0 N–H and O–H groups in total. The molecular weight excluding hydrogens is 316 g/mol. The van der Waals surface area contributed by atoms with Gasteiger partial charge in [-0.2, -0.15) is 0 Å². The second-order valence-corrected chi connectivity index (χ2v) is 8.14. The zero-order valence-electron chi connectivity index (χ0n) is 15.3. The van der Waals surface area contributed by atoms with E-state index in [9.17, 15) is 9.59 Å². The normalized spacial score (nSPS) is 24.6. The van der Waals surface area contributed by atoms with E-state index in [1.165, 1.54) is 12.8 Å². The van der Waals surface area contributed by atoms with Gasteiger partial charge in [0.05, 0.1) is 0 Å². The molecule has 0 radical (unpaired) electrons. The van der Waals surface area contributed by atoms with Crippen LogP contribution in [0.4, 0.5) is 0 Å². The summed E-state index contributed by atoms with van der Waals surface area (Å²) < 4.78 is 1.95. The van der Waals surface area contributed by atoms with E-state index < -0.39 is 0 Å². The summed E-state index contributed by atoms with van der Waals surface area (Å²) in [5.74, 6) is 1.40. The van der Waals surface area contributed by atoms with Crippen LogP contribution >= 0.6 is 0 Å². The molecule has 6 nitrogen and oxygen atoms in total. The van der Waals surface area contributed by atoms with Crippen molar-refractivity contribution < 1.29 is 9.59 Å². The number of nitrogens with zero attached hydrogens (tertiary/aromatic N) is 4. The number of hydrogen-bond donors (Lipinski definition) is 0. The maximum atomic E-state index is 12.9. The van der Waals surface area contributed by atoms with Crippen LogP contribution in [-0.2, 0) is 9.59 Å². The maximum Gasteiger partial charge on any atom is 0.245 e. The minimum absolute atomic E-state index is 0.182. The first-order valence-corrected chi connectivity index (χ1v) is 9.57. The van der Waals surface area contributed by atoms with Gasteiger partial charge < -0.3 is 14.4 Å². The van der Waals surface area contributed by atoms with E-state index in [4.69, 9.17) is 0 Å². The lowest BCUT2D eigenvalue weighted by Gasteiger charge is -2.48. The number of imidazole rings is 1. The molecule has 1 aromatic rings. The third-order valence-corrected chi connectivity index (χ3v) is 6.46. The van der Waals surface area contributed by atoms with Crippen LogP contribution in [0.1, 0.15) is 57.3 Å².